The van der Waals surface area contributed by atoms with Crippen molar-refractivity contribution in [2.24, 2.45) is 15.6 Å². The van der Waals surface area contributed by atoms with Crippen molar-refractivity contribution in [3.63, 3.8) is 0 Å². The first-order valence-electron chi connectivity index (χ1n) is 8.37. The summed E-state index contributed by atoms with van der Waals surface area (Å²) in [4.78, 5) is 24.0. The Morgan fingerprint density at radius 2 is 1.38 bits per heavy atom. The number of carbonyl (C=O) groups is 2. The summed E-state index contributed by atoms with van der Waals surface area (Å²) < 4.78 is 0. The quantitative estimate of drug-likeness (QED) is 0.440. The third kappa shape index (κ3) is 5.21. The molecule has 0 saturated heterocycles. The highest BCUT2D eigenvalue weighted by Crippen LogP contribution is 2.24. The lowest BCUT2D eigenvalue weighted by molar-refractivity contribution is 0.0858. The van der Waals surface area contributed by atoms with Crippen LogP contribution in [0.3, 0.4) is 0 Å². The first kappa shape index (κ1) is 19.2. The van der Waals surface area contributed by atoms with Crippen molar-refractivity contribution >= 4 is 23.1 Å². The van der Waals surface area contributed by atoms with Gasteiger partial charge in [0, 0.05) is 23.1 Å². The molecule has 0 atom stereocenters. The standard InChI is InChI=1S/C21H23N3O2/c1-5-14-22-20(26)16-8-12-18(13-9-16)24-23-17-10-6-15(7-11-17)19(25)21(2,3)4/h5-13H,1,14H2,2-4H3,(H,22,26). The van der Waals surface area contributed by atoms with Crippen LogP contribution in [0.2, 0.25) is 0 Å². The van der Waals surface area contributed by atoms with Crippen molar-refractivity contribution in [2.75, 3.05) is 6.54 Å². The Morgan fingerprint density at radius 3 is 1.81 bits per heavy atom. The molecular weight excluding hydrogens is 326 g/mol. The van der Waals surface area contributed by atoms with Gasteiger partial charge in [-0.05, 0) is 48.5 Å². The van der Waals surface area contributed by atoms with Gasteiger partial charge in [0.1, 0.15) is 0 Å². The van der Waals surface area contributed by atoms with Crippen molar-refractivity contribution in [1.82, 2.24) is 5.32 Å². The Hall–Kier alpha value is -3.08. The molecule has 0 fully saturated rings. The molecule has 26 heavy (non-hydrogen) atoms. The summed E-state index contributed by atoms with van der Waals surface area (Å²) in [5, 5.41) is 11.0. The molecule has 0 aliphatic rings. The van der Waals surface area contributed by atoms with Crippen LogP contribution >= 0.6 is 0 Å². The second kappa shape index (κ2) is 8.34. The van der Waals surface area contributed by atoms with Gasteiger partial charge in [-0.3, -0.25) is 9.59 Å². The fraction of sp³-hybridized carbons (Fsp3) is 0.238. The second-order valence-corrected chi connectivity index (χ2v) is 6.87. The number of amides is 1. The fourth-order valence-electron chi connectivity index (χ4n) is 2.17. The Kier molecular flexibility index (Phi) is 6.17. The van der Waals surface area contributed by atoms with E-state index in [-0.39, 0.29) is 11.7 Å². The zero-order valence-electron chi connectivity index (χ0n) is 15.3. The van der Waals surface area contributed by atoms with Gasteiger partial charge in [-0.2, -0.15) is 10.2 Å². The maximum atomic E-state index is 12.2. The molecule has 0 radical (unpaired) electrons. The zero-order chi connectivity index (χ0) is 19.2. The molecule has 0 aromatic heterocycles. The summed E-state index contributed by atoms with van der Waals surface area (Å²) in [6.45, 7) is 9.66. The number of nitrogens with one attached hydrogen (secondary N) is 1. The molecule has 0 heterocycles. The maximum Gasteiger partial charge on any atom is 0.251 e. The Balaban J connectivity index is 2.04. The molecule has 2 rings (SSSR count). The Bertz CT molecular complexity index is 814. The molecular formula is C21H23N3O2. The minimum absolute atomic E-state index is 0.0892. The van der Waals surface area contributed by atoms with Crippen LogP contribution in [0, 0.1) is 5.41 Å². The molecule has 5 nitrogen and oxygen atoms in total. The second-order valence-electron chi connectivity index (χ2n) is 6.87. The van der Waals surface area contributed by atoms with Crippen molar-refractivity contribution < 1.29 is 9.59 Å². The molecule has 134 valence electrons. The molecule has 0 saturated carbocycles. The summed E-state index contributed by atoms with van der Waals surface area (Å²) in [5.41, 5.74) is 2.09. The van der Waals surface area contributed by atoms with E-state index in [0.29, 0.717) is 29.0 Å². The smallest absolute Gasteiger partial charge is 0.251 e. The highest BCUT2D eigenvalue weighted by molar-refractivity contribution is 6.00. The third-order valence-corrected chi connectivity index (χ3v) is 3.63. The van der Waals surface area contributed by atoms with E-state index in [0.717, 1.165) is 0 Å². The lowest BCUT2D eigenvalue weighted by atomic mass is 9.86. The molecule has 0 aliphatic carbocycles. The summed E-state index contributed by atoms with van der Waals surface area (Å²) in [7, 11) is 0. The number of rotatable bonds is 6. The van der Waals surface area contributed by atoms with E-state index in [1.165, 1.54) is 0 Å². The number of carbonyl (C=O) groups excluding carboxylic acids is 2. The normalized spacial score (nSPS) is 11.3. The topological polar surface area (TPSA) is 70.9 Å². The van der Waals surface area contributed by atoms with Crippen LogP contribution in [0.15, 0.2) is 71.4 Å². The highest BCUT2D eigenvalue weighted by Gasteiger charge is 2.22. The molecule has 0 aliphatic heterocycles. The molecule has 2 aromatic rings. The fourth-order valence-corrected chi connectivity index (χ4v) is 2.17. The van der Waals surface area contributed by atoms with Gasteiger partial charge in [-0.1, -0.05) is 26.8 Å². The SMILES string of the molecule is C=CCNC(=O)c1ccc(N=Nc2ccc(C(=O)C(C)(C)C)cc2)cc1. The lowest BCUT2D eigenvalue weighted by Crippen LogP contribution is -2.22. The van der Waals surface area contributed by atoms with Gasteiger partial charge in [0.25, 0.3) is 5.91 Å². The number of Topliss-reactive ketones (excluding diaryl/α,β-unsaturated/α-hetero) is 1. The van der Waals surface area contributed by atoms with E-state index in [9.17, 15) is 9.59 Å². The summed E-state index contributed by atoms with van der Waals surface area (Å²) in [5.74, 6) is -0.0706. The van der Waals surface area contributed by atoms with Gasteiger partial charge >= 0.3 is 0 Å². The number of benzene rings is 2. The molecule has 1 amide bonds. The van der Waals surface area contributed by atoms with Crippen LogP contribution < -0.4 is 5.32 Å². The van der Waals surface area contributed by atoms with E-state index in [2.05, 4.69) is 22.1 Å². The maximum absolute atomic E-state index is 12.2. The summed E-state index contributed by atoms with van der Waals surface area (Å²) in [6, 6.07) is 13.9. The van der Waals surface area contributed by atoms with Crippen LogP contribution in [0.5, 0.6) is 0 Å². The monoisotopic (exact) mass is 349 g/mol. The Morgan fingerprint density at radius 1 is 0.923 bits per heavy atom. The van der Waals surface area contributed by atoms with Gasteiger partial charge in [-0.25, -0.2) is 0 Å². The lowest BCUT2D eigenvalue weighted by Gasteiger charge is -2.16. The van der Waals surface area contributed by atoms with Crippen molar-refractivity contribution in [3.05, 3.63) is 72.3 Å². The average molecular weight is 349 g/mol. The van der Waals surface area contributed by atoms with Gasteiger partial charge in [-0.15, -0.1) is 6.58 Å². The number of hydrogen-bond acceptors (Lipinski definition) is 4. The molecule has 2 aromatic carbocycles. The molecule has 5 heteroatoms. The number of nitrogens with zero attached hydrogens (tertiary/aromatic N) is 2. The first-order valence-corrected chi connectivity index (χ1v) is 8.37. The summed E-state index contributed by atoms with van der Waals surface area (Å²) >= 11 is 0. The van der Waals surface area contributed by atoms with Crippen molar-refractivity contribution in [3.8, 4) is 0 Å². The first-order chi connectivity index (χ1) is 12.3. The highest BCUT2D eigenvalue weighted by atomic mass is 16.1. The Labute approximate surface area is 153 Å². The minimum atomic E-state index is -0.414. The van der Waals surface area contributed by atoms with Crippen LogP contribution in [0.25, 0.3) is 0 Å². The molecule has 1 N–H and O–H groups in total. The molecule has 0 bridgehead atoms. The van der Waals surface area contributed by atoms with Crippen LogP contribution in [-0.2, 0) is 0 Å². The molecule has 0 unspecified atom stereocenters. The van der Waals surface area contributed by atoms with Crippen LogP contribution in [0.1, 0.15) is 41.5 Å². The van der Waals surface area contributed by atoms with Gasteiger partial charge < -0.3 is 5.32 Å². The minimum Gasteiger partial charge on any atom is -0.349 e. The van der Waals surface area contributed by atoms with Crippen LogP contribution in [-0.4, -0.2) is 18.2 Å². The van der Waals surface area contributed by atoms with E-state index in [1.54, 1.807) is 54.6 Å². The largest absolute Gasteiger partial charge is 0.349 e. The van der Waals surface area contributed by atoms with Gasteiger partial charge in [0.2, 0.25) is 0 Å². The van der Waals surface area contributed by atoms with Gasteiger partial charge in [0.15, 0.2) is 5.78 Å². The van der Waals surface area contributed by atoms with E-state index >= 15 is 0 Å². The summed E-state index contributed by atoms with van der Waals surface area (Å²) in [6.07, 6.45) is 1.63. The predicted octanol–water partition coefficient (Wildman–Crippen LogP) is 5.25. The van der Waals surface area contributed by atoms with E-state index in [4.69, 9.17) is 0 Å². The van der Waals surface area contributed by atoms with E-state index < -0.39 is 5.41 Å². The van der Waals surface area contributed by atoms with Crippen molar-refractivity contribution in [2.45, 2.75) is 20.8 Å². The number of azo groups is 1. The zero-order valence-corrected chi connectivity index (χ0v) is 15.3. The van der Waals surface area contributed by atoms with Gasteiger partial charge in [0.05, 0.1) is 11.4 Å². The van der Waals surface area contributed by atoms with E-state index in [1.807, 2.05) is 20.8 Å². The number of ketones is 1. The van der Waals surface area contributed by atoms with Crippen LogP contribution in [0.4, 0.5) is 11.4 Å². The molecule has 0 spiro atoms. The third-order valence-electron chi connectivity index (χ3n) is 3.63. The average Bonchev–Trinajstić information content (AvgIpc) is 2.64. The van der Waals surface area contributed by atoms with Crippen molar-refractivity contribution in [1.29, 1.82) is 0 Å². The number of hydrogen-bond donors (Lipinski definition) is 1. The predicted molar refractivity (Wildman–Crippen MR) is 103 cm³/mol.